The van der Waals surface area contributed by atoms with E-state index in [2.05, 4.69) is 6.92 Å². The lowest BCUT2D eigenvalue weighted by Gasteiger charge is -2.19. The van der Waals surface area contributed by atoms with Crippen molar-refractivity contribution in [2.45, 2.75) is 104 Å². The van der Waals surface area contributed by atoms with Crippen LogP contribution in [0.2, 0.25) is 0 Å². The number of unbranched alkanes of at least 4 members (excludes halogenated alkanes) is 11. The minimum Gasteiger partial charge on any atom is -0.465 e. The summed E-state index contributed by atoms with van der Waals surface area (Å²) in [5.74, 6) is -1.16. The van der Waals surface area contributed by atoms with Gasteiger partial charge in [0, 0.05) is 20.0 Å². The molecule has 0 spiro atoms. The van der Waals surface area contributed by atoms with Crippen LogP contribution in [0.25, 0.3) is 0 Å². The number of nitrogens with zero attached hydrogens (tertiary/aromatic N) is 1. The van der Waals surface area contributed by atoms with Gasteiger partial charge >= 0.3 is 18.0 Å². The predicted molar refractivity (Wildman–Crippen MR) is 136 cm³/mol. The molecule has 1 heterocycles. The molecule has 0 saturated heterocycles. The number of hydrogen-bond acceptors (Lipinski definition) is 8. The van der Waals surface area contributed by atoms with Crippen molar-refractivity contribution >= 4 is 18.0 Å². The van der Waals surface area contributed by atoms with Crippen molar-refractivity contribution in [2.24, 2.45) is 0 Å². The molecule has 0 aromatic carbocycles. The second-order valence-electron chi connectivity index (χ2n) is 8.87. The fourth-order valence-corrected chi connectivity index (χ4v) is 3.55. The number of furan rings is 1. The zero-order chi connectivity index (χ0) is 26.6. The molecule has 0 bridgehead atoms. The fourth-order valence-electron chi connectivity index (χ4n) is 3.55. The number of likely N-dealkylation sites (N-methyl/N-ethyl adjacent to an activating group) is 1. The molecule has 1 amide bonds. The first kappa shape index (κ1) is 31.3. The van der Waals surface area contributed by atoms with Crippen LogP contribution in [-0.4, -0.2) is 56.0 Å². The van der Waals surface area contributed by atoms with Crippen molar-refractivity contribution < 1.29 is 37.7 Å². The quantitative estimate of drug-likeness (QED) is 0.111. The van der Waals surface area contributed by atoms with E-state index < -0.39 is 24.3 Å². The van der Waals surface area contributed by atoms with Gasteiger partial charge in [-0.2, -0.15) is 0 Å². The van der Waals surface area contributed by atoms with Crippen LogP contribution in [0.5, 0.6) is 5.95 Å². The van der Waals surface area contributed by atoms with Gasteiger partial charge in [0.2, 0.25) is 12.1 Å². The van der Waals surface area contributed by atoms with Gasteiger partial charge in [0.1, 0.15) is 6.54 Å². The third-order valence-electron chi connectivity index (χ3n) is 5.55. The van der Waals surface area contributed by atoms with Crippen LogP contribution in [-0.2, 0) is 19.0 Å². The molecule has 0 aliphatic carbocycles. The highest BCUT2D eigenvalue weighted by Gasteiger charge is 2.22. The summed E-state index contributed by atoms with van der Waals surface area (Å²) in [6.07, 6.45) is 13.2. The number of carbonyl (C=O) groups excluding carboxylic acids is 3. The Hall–Kier alpha value is -2.71. The average molecular weight is 512 g/mol. The molecule has 0 aliphatic rings. The Balaban J connectivity index is 2.15. The van der Waals surface area contributed by atoms with Crippen LogP contribution in [0.15, 0.2) is 16.5 Å². The molecule has 1 rings (SSSR count). The minimum atomic E-state index is -1.18. The molecular weight excluding hydrogens is 466 g/mol. The first-order chi connectivity index (χ1) is 17.4. The number of carbonyl (C=O) groups is 3. The van der Waals surface area contributed by atoms with Gasteiger partial charge in [-0.25, -0.2) is 9.59 Å². The van der Waals surface area contributed by atoms with Crippen molar-refractivity contribution in [3.8, 4) is 5.95 Å². The molecule has 9 heteroatoms. The molecule has 0 radical (unpaired) electrons. The Morgan fingerprint density at radius 1 is 0.861 bits per heavy atom. The Bertz CT molecular complexity index is 748. The average Bonchev–Trinajstić information content (AvgIpc) is 3.31. The Morgan fingerprint density at radius 3 is 2.03 bits per heavy atom. The normalized spacial score (nSPS) is 11.6. The van der Waals surface area contributed by atoms with E-state index in [4.69, 9.17) is 23.4 Å². The monoisotopic (exact) mass is 511 g/mol. The van der Waals surface area contributed by atoms with Gasteiger partial charge in [-0.3, -0.25) is 4.79 Å². The van der Waals surface area contributed by atoms with E-state index in [9.17, 15) is 14.4 Å². The summed E-state index contributed by atoms with van der Waals surface area (Å²) < 4.78 is 25.8. The predicted octanol–water partition coefficient (Wildman–Crippen LogP) is 6.49. The standard InChI is InChI=1S/C27H45NO8/c1-5-7-8-9-10-11-12-13-14-15-16-17-20-33-25-19-18-23(36-25)26(30)34-22(3)35-27(31)28(4)21-24(29)32-6-2/h18-19,22H,5-17,20-21H2,1-4H3. The third-order valence-corrected chi connectivity index (χ3v) is 5.55. The molecular formula is C27H45NO8. The highest BCUT2D eigenvalue weighted by Crippen LogP contribution is 2.18. The van der Waals surface area contributed by atoms with E-state index >= 15 is 0 Å². The van der Waals surface area contributed by atoms with Crippen molar-refractivity contribution in [1.29, 1.82) is 0 Å². The number of amides is 1. The number of hydrogen-bond donors (Lipinski definition) is 0. The summed E-state index contributed by atoms with van der Waals surface area (Å²) in [7, 11) is 1.38. The van der Waals surface area contributed by atoms with E-state index in [1.54, 1.807) is 13.0 Å². The van der Waals surface area contributed by atoms with E-state index in [1.807, 2.05) is 0 Å². The summed E-state index contributed by atoms with van der Waals surface area (Å²) >= 11 is 0. The summed E-state index contributed by atoms with van der Waals surface area (Å²) in [6.45, 7) is 5.76. The Morgan fingerprint density at radius 2 is 1.44 bits per heavy atom. The SMILES string of the molecule is CCCCCCCCCCCCCCOc1ccc(C(=O)OC(C)OC(=O)N(C)CC(=O)OCC)o1. The van der Waals surface area contributed by atoms with Gasteiger partial charge in [0.25, 0.3) is 5.95 Å². The Kier molecular flexibility index (Phi) is 16.9. The molecule has 9 nitrogen and oxygen atoms in total. The van der Waals surface area contributed by atoms with E-state index in [0.29, 0.717) is 6.61 Å². The summed E-state index contributed by atoms with van der Waals surface area (Å²) in [5.41, 5.74) is 0. The molecule has 0 N–H and O–H groups in total. The third kappa shape index (κ3) is 14.6. The van der Waals surface area contributed by atoms with Crippen molar-refractivity contribution in [2.75, 3.05) is 26.8 Å². The molecule has 0 saturated carbocycles. The van der Waals surface area contributed by atoms with Crippen molar-refractivity contribution in [1.82, 2.24) is 4.90 Å². The molecule has 1 aromatic heterocycles. The lowest BCUT2D eigenvalue weighted by Crippen LogP contribution is -2.36. The highest BCUT2D eigenvalue weighted by atomic mass is 16.7. The van der Waals surface area contributed by atoms with Gasteiger partial charge in [-0.15, -0.1) is 0 Å². The molecule has 1 unspecified atom stereocenters. The van der Waals surface area contributed by atoms with Crippen molar-refractivity contribution in [3.63, 3.8) is 0 Å². The summed E-state index contributed by atoms with van der Waals surface area (Å²) in [5, 5.41) is 0. The zero-order valence-electron chi connectivity index (χ0n) is 22.6. The van der Waals surface area contributed by atoms with Gasteiger partial charge in [-0.05, 0) is 19.4 Å². The second-order valence-corrected chi connectivity index (χ2v) is 8.87. The maximum Gasteiger partial charge on any atom is 0.413 e. The van der Waals surface area contributed by atoms with Gasteiger partial charge < -0.3 is 28.3 Å². The first-order valence-corrected chi connectivity index (χ1v) is 13.4. The topological polar surface area (TPSA) is 105 Å². The minimum absolute atomic E-state index is 0.0533. The molecule has 36 heavy (non-hydrogen) atoms. The van der Waals surface area contributed by atoms with Crippen LogP contribution in [0.1, 0.15) is 108 Å². The van der Waals surface area contributed by atoms with Gasteiger partial charge in [0.15, 0.2) is 0 Å². The van der Waals surface area contributed by atoms with Crippen LogP contribution < -0.4 is 4.74 Å². The number of esters is 2. The maximum absolute atomic E-state index is 12.2. The molecule has 1 aromatic rings. The van der Waals surface area contributed by atoms with Gasteiger partial charge in [-0.1, -0.05) is 77.6 Å². The molecule has 1 atom stereocenters. The highest BCUT2D eigenvalue weighted by molar-refractivity contribution is 5.86. The van der Waals surface area contributed by atoms with Crippen LogP contribution in [0.4, 0.5) is 4.79 Å². The van der Waals surface area contributed by atoms with Crippen LogP contribution >= 0.6 is 0 Å². The zero-order valence-corrected chi connectivity index (χ0v) is 22.6. The van der Waals surface area contributed by atoms with Crippen LogP contribution in [0.3, 0.4) is 0 Å². The summed E-state index contributed by atoms with van der Waals surface area (Å²) in [6, 6.07) is 3.00. The second kappa shape index (κ2) is 19.5. The molecule has 0 aliphatic heterocycles. The van der Waals surface area contributed by atoms with Crippen molar-refractivity contribution in [3.05, 3.63) is 17.9 Å². The first-order valence-electron chi connectivity index (χ1n) is 13.4. The lowest BCUT2D eigenvalue weighted by molar-refractivity contribution is -0.144. The maximum atomic E-state index is 12.2. The van der Waals surface area contributed by atoms with Gasteiger partial charge in [0.05, 0.1) is 13.2 Å². The summed E-state index contributed by atoms with van der Waals surface area (Å²) in [4.78, 5) is 36.7. The smallest absolute Gasteiger partial charge is 0.413 e. The fraction of sp³-hybridized carbons (Fsp3) is 0.741. The molecule has 0 fully saturated rings. The number of ether oxygens (including phenoxy) is 4. The van der Waals surface area contributed by atoms with E-state index in [-0.39, 0.29) is 24.9 Å². The van der Waals surface area contributed by atoms with E-state index in [0.717, 1.165) is 17.7 Å². The van der Waals surface area contributed by atoms with Crippen LogP contribution in [0, 0.1) is 0 Å². The Labute approximate surface area is 215 Å². The largest absolute Gasteiger partial charge is 0.465 e. The number of rotatable bonds is 20. The lowest BCUT2D eigenvalue weighted by atomic mass is 10.1. The molecule has 206 valence electrons. The van der Waals surface area contributed by atoms with E-state index in [1.165, 1.54) is 84.2 Å².